The lowest BCUT2D eigenvalue weighted by Gasteiger charge is -2.30. The number of Topliss-reactive ketones (excluding diaryl/α,β-unsaturated/α-hetero) is 1. The van der Waals surface area contributed by atoms with Gasteiger partial charge in [-0.3, -0.25) is 4.79 Å². The fourth-order valence-electron chi connectivity index (χ4n) is 4.84. The van der Waals surface area contributed by atoms with Crippen molar-refractivity contribution in [2.45, 2.75) is 24.8 Å². The van der Waals surface area contributed by atoms with E-state index in [-0.39, 0.29) is 17.7 Å². The molecule has 0 fully saturated rings. The number of carbonyl (C=O) groups excluding carboxylic acids is 1. The summed E-state index contributed by atoms with van der Waals surface area (Å²) in [5, 5.41) is 7.86. The van der Waals surface area contributed by atoms with Crippen molar-refractivity contribution in [2.75, 3.05) is 24.9 Å². The van der Waals surface area contributed by atoms with Gasteiger partial charge in [0, 0.05) is 28.3 Å². The predicted octanol–water partition coefficient (Wildman–Crippen LogP) is 6.34. The minimum absolute atomic E-state index is 0.0825. The van der Waals surface area contributed by atoms with Crippen LogP contribution in [0.2, 0.25) is 5.02 Å². The molecule has 0 saturated heterocycles. The molecular formula is C27H25ClN2O3. The highest BCUT2D eigenvalue weighted by molar-refractivity contribution is 6.30. The maximum Gasteiger partial charge on any atom is 0.166 e. The Bertz CT molecular complexity index is 1240. The monoisotopic (exact) mass is 460 g/mol. The standard InChI is InChI=1S/C27H25ClN2O3/c1-32-24-9-5-6-19(27(24)33-2)26-25-22(29-20-7-3-4-8-21(20)30-26)14-17(15-23(25)31)16-10-12-18(28)13-11-16/h3-13,17,26,29-30H,14-15H2,1-2H3/t17-,26+/m0/s1. The smallest absolute Gasteiger partial charge is 0.166 e. The number of hydrogen-bond donors (Lipinski definition) is 2. The van der Waals surface area contributed by atoms with Crippen LogP contribution in [0.3, 0.4) is 0 Å². The van der Waals surface area contributed by atoms with Gasteiger partial charge in [-0.25, -0.2) is 0 Å². The predicted molar refractivity (Wildman–Crippen MR) is 131 cm³/mol. The molecule has 33 heavy (non-hydrogen) atoms. The summed E-state index contributed by atoms with van der Waals surface area (Å²) < 4.78 is 11.3. The van der Waals surface area contributed by atoms with Crippen LogP contribution < -0.4 is 20.1 Å². The van der Waals surface area contributed by atoms with Gasteiger partial charge in [0.1, 0.15) is 0 Å². The van der Waals surface area contributed by atoms with Gasteiger partial charge >= 0.3 is 0 Å². The van der Waals surface area contributed by atoms with Crippen LogP contribution in [0.25, 0.3) is 0 Å². The van der Waals surface area contributed by atoms with E-state index in [0.717, 1.165) is 40.2 Å². The number of carbonyl (C=O) groups is 1. The molecule has 168 valence electrons. The normalized spacial score (nSPS) is 19.5. The zero-order valence-corrected chi connectivity index (χ0v) is 19.3. The quantitative estimate of drug-likeness (QED) is 0.476. The Morgan fingerprint density at radius 2 is 1.64 bits per heavy atom. The second kappa shape index (κ2) is 8.83. The Balaban J connectivity index is 1.64. The van der Waals surface area contributed by atoms with E-state index in [1.165, 1.54) is 0 Å². The third-order valence-electron chi connectivity index (χ3n) is 6.39. The highest BCUT2D eigenvalue weighted by Gasteiger charge is 2.37. The molecular weight excluding hydrogens is 436 g/mol. The lowest BCUT2D eigenvalue weighted by Crippen LogP contribution is -2.27. The molecule has 0 aromatic heterocycles. The molecule has 3 aromatic rings. The summed E-state index contributed by atoms with van der Waals surface area (Å²) in [4.78, 5) is 13.7. The van der Waals surface area contributed by atoms with Crippen LogP contribution in [-0.2, 0) is 4.79 Å². The maximum atomic E-state index is 13.7. The number of nitrogens with one attached hydrogen (secondary N) is 2. The molecule has 5 nitrogen and oxygen atoms in total. The van der Waals surface area contributed by atoms with Gasteiger partial charge in [0.15, 0.2) is 17.3 Å². The number of anilines is 2. The highest BCUT2D eigenvalue weighted by atomic mass is 35.5. The Morgan fingerprint density at radius 3 is 2.36 bits per heavy atom. The summed E-state index contributed by atoms with van der Waals surface area (Å²) in [6, 6.07) is 21.2. The molecule has 2 N–H and O–H groups in total. The van der Waals surface area contributed by atoms with Crippen LogP contribution in [0, 0.1) is 0 Å². The Morgan fingerprint density at radius 1 is 0.879 bits per heavy atom. The van der Waals surface area contributed by atoms with Gasteiger partial charge in [0.2, 0.25) is 0 Å². The Kier molecular flexibility index (Phi) is 5.73. The summed E-state index contributed by atoms with van der Waals surface area (Å²) in [5.74, 6) is 1.45. The van der Waals surface area contributed by atoms with Crippen LogP contribution in [0.1, 0.15) is 35.9 Å². The molecule has 2 aliphatic rings. The molecule has 3 aromatic carbocycles. The van der Waals surface area contributed by atoms with Crippen molar-refractivity contribution in [1.82, 2.24) is 0 Å². The van der Waals surface area contributed by atoms with Crippen LogP contribution in [0.15, 0.2) is 78.0 Å². The fraction of sp³-hybridized carbons (Fsp3) is 0.222. The number of hydrogen-bond acceptors (Lipinski definition) is 5. The lowest BCUT2D eigenvalue weighted by molar-refractivity contribution is -0.116. The van der Waals surface area contributed by atoms with Gasteiger partial charge < -0.3 is 20.1 Å². The van der Waals surface area contributed by atoms with E-state index >= 15 is 0 Å². The Labute approximate surface area is 198 Å². The number of benzene rings is 3. The first-order chi connectivity index (χ1) is 16.1. The largest absolute Gasteiger partial charge is 0.493 e. The number of ketones is 1. The summed E-state index contributed by atoms with van der Waals surface area (Å²) in [6.45, 7) is 0. The topological polar surface area (TPSA) is 59.6 Å². The van der Waals surface area contributed by atoms with E-state index in [2.05, 4.69) is 10.6 Å². The number of allylic oxidation sites excluding steroid dienone is 1. The third kappa shape index (κ3) is 3.93. The number of fused-ring (bicyclic) bond motifs is 1. The van der Waals surface area contributed by atoms with Crippen molar-refractivity contribution in [3.8, 4) is 11.5 Å². The lowest BCUT2D eigenvalue weighted by atomic mass is 9.78. The molecule has 0 spiro atoms. The van der Waals surface area contributed by atoms with Crippen LogP contribution in [-0.4, -0.2) is 20.0 Å². The molecule has 0 radical (unpaired) electrons. The maximum absolute atomic E-state index is 13.7. The molecule has 0 saturated carbocycles. The van der Waals surface area contributed by atoms with E-state index in [9.17, 15) is 4.79 Å². The van der Waals surface area contributed by atoms with Crippen molar-refractivity contribution in [3.63, 3.8) is 0 Å². The van der Waals surface area contributed by atoms with Gasteiger partial charge in [0.25, 0.3) is 0 Å². The molecule has 1 heterocycles. The van der Waals surface area contributed by atoms with Gasteiger partial charge in [-0.2, -0.15) is 0 Å². The van der Waals surface area contributed by atoms with E-state index in [1.807, 2.05) is 66.7 Å². The summed E-state index contributed by atoms with van der Waals surface area (Å²) in [7, 11) is 3.24. The van der Waals surface area contributed by atoms with E-state index in [1.54, 1.807) is 14.2 Å². The number of methoxy groups -OCH3 is 2. The first-order valence-electron chi connectivity index (χ1n) is 10.9. The molecule has 6 heteroatoms. The van der Waals surface area contributed by atoms with Crippen molar-refractivity contribution in [1.29, 1.82) is 0 Å². The molecule has 2 atom stereocenters. The molecule has 0 unspecified atom stereocenters. The average Bonchev–Trinajstić information content (AvgIpc) is 3.00. The van der Waals surface area contributed by atoms with Crippen molar-refractivity contribution in [3.05, 3.63) is 94.1 Å². The van der Waals surface area contributed by atoms with E-state index < -0.39 is 0 Å². The first kappa shape index (κ1) is 21.4. The third-order valence-corrected chi connectivity index (χ3v) is 6.65. The van der Waals surface area contributed by atoms with Gasteiger partial charge in [-0.15, -0.1) is 0 Å². The van der Waals surface area contributed by atoms with E-state index in [0.29, 0.717) is 22.9 Å². The van der Waals surface area contributed by atoms with E-state index in [4.69, 9.17) is 21.1 Å². The van der Waals surface area contributed by atoms with Crippen molar-refractivity contribution < 1.29 is 14.3 Å². The molecule has 1 aliphatic carbocycles. The summed E-state index contributed by atoms with van der Waals surface area (Å²) >= 11 is 6.09. The minimum Gasteiger partial charge on any atom is -0.493 e. The van der Waals surface area contributed by atoms with Crippen LogP contribution in [0.4, 0.5) is 11.4 Å². The average molecular weight is 461 g/mol. The number of ether oxygens (including phenoxy) is 2. The Hall–Kier alpha value is -3.44. The summed E-state index contributed by atoms with van der Waals surface area (Å²) in [5.41, 5.74) is 5.52. The first-order valence-corrected chi connectivity index (χ1v) is 11.3. The van der Waals surface area contributed by atoms with Crippen molar-refractivity contribution >= 4 is 28.8 Å². The highest BCUT2D eigenvalue weighted by Crippen LogP contribution is 2.47. The van der Waals surface area contributed by atoms with Gasteiger partial charge in [-0.05, 0) is 48.2 Å². The molecule has 5 rings (SSSR count). The minimum atomic E-state index is -0.375. The van der Waals surface area contributed by atoms with Gasteiger partial charge in [0.05, 0.1) is 31.6 Å². The molecule has 0 amide bonds. The van der Waals surface area contributed by atoms with Crippen LogP contribution in [0.5, 0.6) is 11.5 Å². The summed E-state index contributed by atoms with van der Waals surface area (Å²) in [6.07, 6.45) is 1.16. The number of rotatable bonds is 4. The van der Waals surface area contributed by atoms with Gasteiger partial charge in [-0.1, -0.05) is 48.0 Å². The molecule has 0 bridgehead atoms. The zero-order valence-electron chi connectivity index (χ0n) is 18.5. The molecule has 1 aliphatic heterocycles. The van der Waals surface area contributed by atoms with Crippen LogP contribution >= 0.6 is 11.6 Å². The number of halogens is 1. The second-order valence-electron chi connectivity index (χ2n) is 8.30. The van der Waals surface area contributed by atoms with Crippen molar-refractivity contribution in [2.24, 2.45) is 0 Å². The SMILES string of the molecule is COc1cccc([C@H]2Nc3ccccc3NC3=C2C(=O)C[C@@H](c2ccc(Cl)cc2)C3)c1OC. The fourth-order valence-corrected chi connectivity index (χ4v) is 4.96. The number of para-hydroxylation sites is 3. The second-order valence-corrected chi connectivity index (χ2v) is 8.74. The zero-order chi connectivity index (χ0) is 22.9.